The molecule has 0 fully saturated rings. The highest BCUT2D eigenvalue weighted by atomic mass is 79.9. The van der Waals surface area contributed by atoms with E-state index in [0.717, 1.165) is 23.2 Å². The minimum absolute atomic E-state index is 0.289. The third kappa shape index (κ3) is 6.46. The van der Waals surface area contributed by atoms with Gasteiger partial charge in [0.15, 0.2) is 0 Å². The Morgan fingerprint density at radius 2 is 2.35 bits per heavy atom. The number of rotatable bonds is 8. The van der Waals surface area contributed by atoms with Gasteiger partial charge in [0.1, 0.15) is 18.5 Å². The van der Waals surface area contributed by atoms with E-state index in [9.17, 15) is 5.11 Å². The number of ether oxygens (including phenoxy) is 1. The maximum Gasteiger partial charge on any atom is 0.120 e. The molecule has 0 radical (unpaired) electrons. The smallest absolute Gasteiger partial charge is 0.120 e. The Hall–Kier alpha value is -0.840. The van der Waals surface area contributed by atoms with Crippen LogP contribution in [0.4, 0.5) is 0 Å². The highest BCUT2D eigenvalue weighted by Gasteiger charge is 2.04. The molecule has 94 valence electrons. The van der Waals surface area contributed by atoms with Crippen LogP contribution in [0, 0.1) is 0 Å². The molecule has 0 saturated heterocycles. The van der Waals surface area contributed by atoms with Crippen LogP contribution >= 0.6 is 15.9 Å². The number of aliphatic hydroxyl groups is 1. The summed E-state index contributed by atoms with van der Waals surface area (Å²) in [5, 5.41) is 12.8. The van der Waals surface area contributed by atoms with Gasteiger partial charge in [-0.1, -0.05) is 28.1 Å². The van der Waals surface area contributed by atoms with Gasteiger partial charge in [0, 0.05) is 11.0 Å². The Bertz CT molecular complexity index is 344. The van der Waals surface area contributed by atoms with Gasteiger partial charge in [0.05, 0.1) is 0 Å². The monoisotopic (exact) mass is 299 g/mol. The van der Waals surface area contributed by atoms with Crippen LogP contribution in [0.1, 0.15) is 6.42 Å². The van der Waals surface area contributed by atoms with Crippen LogP contribution in [0.25, 0.3) is 0 Å². The molecule has 1 atom stereocenters. The van der Waals surface area contributed by atoms with Crippen LogP contribution < -0.4 is 10.1 Å². The fraction of sp³-hybridized carbons (Fsp3) is 0.385. The number of aliphatic hydroxyl groups excluding tert-OH is 1. The third-order valence-corrected chi connectivity index (χ3v) is 2.64. The molecule has 0 aliphatic heterocycles. The Morgan fingerprint density at radius 1 is 1.53 bits per heavy atom. The zero-order valence-electron chi connectivity index (χ0n) is 9.73. The van der Waals surface area contributed by atoms with Crippen LogP contribution in [-0.4, -0.2) is 30.9 Å². The summed E-state index contributed by atoms with van der Waals surface area (Å²) in [6.45, 7) is 5.28. The number of hydrogen-bond acceptors (Lipinski definition) is 3. The largest absolute Gasteiger partial charge is 0.491 e. The highest BCUT2D eigenvalue weighted by molar-refractivity contribution is 9.10. The normalized spacial score (nSPS) is 12.1. The molecule has 0 amide bonds. The number of nitrogens with one attached hydrogen (secondary N) is 1. The van der Waals surface area contributed by atoms with Crippen molar-refractivity contribution in [3.8, 4) is 5.75 Å². The second-order valence-electron chi connectivity index (χ2n) is 3.70. The first-order chi connectivity index (χ1) is 8.22. The van der Waals surface area contributed by atoms with Crippen molar-refractivity contribution in [3.63, 3.8) is 0 Å². The lowest BCUT2D eigenvalue weighted by Gasteiger charge is -2.13. The Kier molecular flexibility index (Phi) is 6.93. The minimum Gasteiger partial charge on any atom is -0.491 e. The lowest BCUT2D eigenvalue weighted by Crippen LogP contribution is -2.31. The van der Waals surface area contributed by atoms with Crippen molar-refractivity contribution in [2.24, 2.45) is 0 Å². The molecule has 3 nitrogen and oxygen atoms in total. The van der Waals surface area contributed by atoms with Crippen LogP contribution in [0.5, 0.6) is 5.75 Å². The lowest BCUT2D eigenvalue weighted by molar-refractivity contribution is 0.106. The predicted octanol–water partition coefficient (Wildman–Crippen LogP) is 2.35. The summed E-state index contributed by atoms with van der Waals surface area (Å²) < 4.78 is 6.43. The average molecular weight is 300 g/mol. The molecular weight excluding hydrogens is 282 g/mol. The molecule has 4 heteroatoms. The predicted molar refractivity (Wildman–Crippen MR) is 73.3 cm³/mol. The Balaban J connectivity index is 2.19. The van der Waals surface area contributed by atoms with Crippen molar-refractivity contribution in [3.05, 3.63) is 41.4 Å². The van der Waals surface area contributed by atoms with Crippen molar-refractivity contribution in [1.82, 2.24) is 5.32 Å². The van der Waals surface area contributed by atoms with Gasteiger partial charge in [0.2, 0.25) is 0 Å². The first-order valence-corrected chi connectivity index (χ1v) is 6.39. The Labute approximate surface area is 111 Å². The summed E-state index contributed by atoms with van der Waals surface area (Å²) >= 11 is 3.36. The van der Waals surface area contributed by atoms with Crippen molar-refractivity contribution in [2.45, 2.75) is 12.5 Å². The van der Waals surface area contributed by atoms with Crippen LogP contribution in [0.3, 0.4) is 0 Å². The van der Waals surface area contributed by atoms with Crippen molar-refractivity contribution in [1.29, 1.82) is 0 Å². The highest BCUT2D eigenvalue weighted by Crippen LogP contribution is 2.17. The maximum absolute atomic E-state index is 9.65. The molecule has 17 heavy (non-hydrogen) atoms. The molecule has 1 aromatic carbocycles. The van der Waals surface area contributed by atoms with Gasteiger partial charge in [-0.05, 0) is 31.2 Å². The van der Waals surface area contributed by atoms with Gasteiger partial charge in [-0.25, -0.2) is 0 Å². The molecule has 1 aromatic rings. The quantitative estimate of drug-likeness (QED) is 0.572. The zero-order chi connectivity index (χ0) is 12.5. The van der Waals surface area contributed by atoms with Crippen molar-refractivity contribution < 1.29 is 9.84 Å². The molecule has 0 aliphatic carbocycles. The van der Waals surface area contributed by atoms with E-state index in [4.69, 9.17) is 4.74 Å². The van der Waals surface area contributed by atoms with E-state index in [0.29, 0.717) is 6.54 Å². The van der Waals surface area contributed by atoms with Crippen molar-refractivity contribution >= 4 is 15.9 Å². The lowest BCUT2D eigenvalue weighted by atomic mass is 10.3. The van der Waals surface area contributed by atoms with Gasteiger partial charge < -0.3 is 15.2 Å². The second kappa shape index (κ2) is 8.28. The molecule has 0 saturated carbocycles. The van der Waals surface area contributed by atoms with E-state index in [1.807, 2.05) is 30.3 Å². The Morgan fingerprint density at radius 3 is 3.06 bits per heavy atom. The van der Waals surface area contributed by atoms with E-state index in [1.165, 1.54) is 0 Å². The molecule has 0 spiro atoms. The molecule has 1 rings (SSSR count). The molecule has 0 aromatic heterocycles. The van der Waals surface area contributed by atoms with E-state index < -0.39 is 6.10 Å². The van der Waals surface area contributed by atoms with E-state index in [-0.39, 0.29) is 6.61 Å². The van der Waals surface area contributed by atoms with E-state index in [2.05, 4.69) is 27.8 Å². The molecule has 0 bridgehead atoms. The fourth-order valence-electron chi connectivity index (χ4n) is 1.28. The second-order valence-corrected chi connectivity index (χ2v) is 4.62. The van der Waals surface area contributed by atoms with Gasteiger partial charge in [0.25, 0.3) is 0 Å². The summed E-state index contributed by atoms with van der Waals surface area (Å²) in [6, 6.07) is 7.56. The first kappa shape index (κ1) is 14.2. The third-order valence-electron chi connectivity index (χ3n) is 2.14. The molecule has 1 unspecified atom stereocenters. The molecule has 0 aliphatic rings. The standard InChI is InChI=1S/C13H18BrNO2/c1-2-3-7-15-9-12(16)10-17-13-6-4-5-11(14)8-13/h2,4-6,8,12,15-16H,1,3,7,9-10H2. The average Bonchev–Trinajstić information content (AvgIpc) is 2.32. The van der Waals surface area contributed by atoms with E-state index >= 15 is 0 Å². The molecule has 2 N–H and O–H groups in total. The summed E-state index contributed by atoms with van der Waals surface area (Å²) in [5.41, 5.74) is 0. The summed E-state index contributed by atoms with van der Waals surface area (Å²) in [5.74, 6) is 0.754. The topological polar surface area (TPSA) is 41.5 Å². The minimum atomic E-state index is -0.501. The maximum atomic E-state index is 9.65. The number of halogens is 1. The van der Waals surface area contributed by atoms with Gasteiger partial charge in [-0.15, -0.1) is 6.58 Å². The van der Waals surface area contributed by atoms with Gasteiger partial charge in [-0.3, -0.25) is 0 Å². The van der Waals surface area contributed by atoms with Gasteiger partial charge >= 0.3 is 0 Å². The first-order valence-electron chi connectivity index (χ1n) is 5.60. The zero-order valence-corrected chi connectivity index (χ0v) is 11.3. The number of benzene rings is 1. The SMILES string of the molecule is C=CCCNCC(O)COc1cccc(Br)c1. The summed E-state index contributed by atoms with van der Waals surface area (Å²) in [6.07, 6.45) is 2.25. The summed E-state index contributed by atoms with van der Waals surface area (Å²) in [7, 11) is 0. The van der Waals surface area contributed by atoms with Crippen LogP contribution in [0.15, 0.2) is 41.4 Å². The van der Waals surface area contributed by atoms with Crippen LogP contribution in [-0.2, 0) is 0 Å². The van der Waals surface area contributed by atoms with Crippen LogP contribution in [0.2, 0.25) is 0 Å². The van der Waals surface area contributed by atoms with Gasteiger partial charge in [-0.2, -0.15) is 0 Å². The number of hydrogen-bond donors (Lipinski definition) is 2. The molecular formula is C13H18BrNO2. The van der Waals surface area contributed by atoms with Crippen molar-refractivity contribution in [2.75, 3.05) is 19.7 Å². The molecule has 0 heterocycles. The fourth-order valence-corrected chi connectivity index (χ4v) is 1.66. The summed E-state index contributed by atoms with van der Waals surface area (Å²) in [4.78, 5) is 0. The van der Waals surface area contributed by atoms with E-state index in [1.54, 1.807) is 0 Å².